The highest BCUT2D eigenvalue weighted by atomic mass is 35.5. The summed E-state index contributed by atoms with van der Waals surface area (Å²) in [6.45, 7) is 0.249. The molecule has 1 aromatic heterocycles. The first-order valence-corrected chi connectivity index (χ1v) is 7.04. The topological polar surface area (TPSA) is 77.2 Å². The maximum atomic E-state index is 10.5. The lowest BCUT2D eigenvalue weighted by Crippen LogP contribution is -2.05. The summed E-state index contributed by atoms with van der Waals surface area (Å²) < 4.78 is 7.27. The lowest BCUT2D eigenvalue weighted by molar-refractivity contribution is -0.133. The maximum absolute atomic E-state index is 10.5. The predicted molar refractivity (Wildman–Crippen MR) is 75.1 cm³/mol. The number of carboxylic acids is 1. The molecular formula is C12H12ClN3O3S. The molecule has 0 spiro atoms. The minimum Gasteiger partial charge on any atom is -0.486 e. The van der Waals surface area contributed by atoms with Gasteiger partial charge in [-0.15, -0.1) is 10.2 Å². The van der Waals surface area contributed by atoms with Gasteiger partial charge in [0.15, 0.2) is 11.0 Å². The first-order chi connectivity index (χ1) is 9.56. The van der Waals surface area contributed by atoms with Gasteiger partial charge >= 0.3 is 5.97 Å². The third-order valence-electron chi connectivity index (χ3n) is 2.43. The zero-order valence-electron chi connectivity index (χ0n) is 10.6. The second-order valence-corrected chi connectivity index (χ2v) is 5.26. The van der Waals surface area contributed by atoms with Crippen molar-refractivity contribution in [2.45, 2.75) is 11.8 Å². The van der Waals surface area contributed by atoms with Crippen molar-refractivity contribution in [3.63, 3.8) is 0 Å². The molecule has 0 bridgehead atoms. The van der Waals surface area contributed by atoms with E-state index in [0.29, 0.717) is 21.8 Å². The van der Waals surface area contributed by atoms with Gasteiger partial charge in [0.2, 0.25) is 0 Å². The minimum atomic E-state index is -0.892. The Kier molecular flexibility index (Phi) is 4.86. The van der Waals surface area contributed by atoms with E-state index in [4.69, 9.17) is 21.4 Å². The summed E-state index contributed by atoms with van der Waals surface area (Å²) in [5, 5.41) is 17.7. The van der Waals surface area contributed by atoms with Gasteiger partial charge in [-0.2, -0.15) is 0 Å². The maximum Gasteiger partial charge on any atom is 0.313 e. The molecule has 0 atom stereocenters. The Labute approximate surface area is 124 Å². The molecule has 0 saturated heterocycles. The fraction of sp³-hybridized carbons (Fsp3) is 0.250. The van der Waals surface area contributed by atoms with Crippen molar-refractivity contribution in [2.24, 2.45) is 7.05 Å². The molecule has 1 N–H and O–H groups in total. The summed E-state index contributed by atoms with van der Waals surface area (Å²) in [5.74, 6) is 0.353. The molecule has 0 unspecified atom stereocenters. The van der Waals surface area contributed by atoms with Gasteiger partial charge in [-0.05, 0) is 24.3 Å². The smallest absolute Gasteiger partial charge is 0.313 e. The van der Waals surface area contributed by atoms with E-state index in [1.807, 2.05) is 0 Å². The van der Waals surface area contributed by atoms with Crippen molar-refractivity contribution in [2.75, 3.05) is 5.75 Å². The average molecular weight is 314 g/mol. The molecule has 1 heterocycles. The SMILES string of the molecule is Cn1c(COc2ccc(Cl)cc2)nnc1SCC(=O)O. The third kappa shape index (κ3) is 3.88. The van der Waals surface area contributed by atoms with Crippen LogP contribution in [0.4, 0.5) is 0 Å². The first kappa shape index (κ1) is 14.7. The van der Waals surface area contributed by atoms with Gasteiger partial charge in [0.25, 0.3) is 0 Å². The summed E-state index contributed by atoms with van der Waals surface area (Å²) in [6, 6.07) is 7.00. The summed E-state index contributed by atoms with van der Waals surface area (Å²) in [5.41, 5.74) is 0. The van der Waals surface area contributed by atoms with Crippen LogP contribution in [0.5, 0.6) is 5.75 Å². The van der Waals surface area contributed by atoms with E-state index in [1.165, 1.54) is 0 Å². The Bertz CT molecular complexity index is 600. The number of aliphatic carboxylic acids is 1. The second kappa shape index (κ2) is 6.62. The highest BCUT2D eigenvalue weighted by molar-refractivity contribution is 7.99. The summed E-state index contributed by atoms with van der Waals surface area (Å²) in [6.07, 6.45) is 0. The van der Waals surface area contributed by atoms with Crippen molar-refractivity contribution < 1.29 is 14.6 Å². The number of rotatable bonds is 6. The number of aromatic nitrogens is 3. The van der Waals surface area contributed by atoms with E-state index in [-0.39, 0.29) is 12.4 Å². The fourth-order valence-corrected chi connectivity index (χ4v) is 2.18. The first-order valence-electron chi connectivity index (χ1n) is 5.67. The Hall–Kier alpha value is -1.73. The Morgan fingerprint density at radius 1 is 1.40 bits per heavy atom. The number of nitrogens with zero attached hydrogens (tertiary/aromatic N) is 3. The summed E-state index contributed by atoms with van der Waals surface area (Å²) in [7, 11) is 1.77. The molecule has 8 heteroatoms. The largest absolute Gasteiger partial charge is 0.486 e. The molecule has 0 saturated carbocycles. The van der Waals surface area contributed by atoms with E-state index in [9.17, 15) is 4.79 Å². The standard InChI is InChI=1S/C12H12ClN3O3S/c1-16-10(14-15-12(16)20-7-11(17)18)6-19-9-4-2-8(13)3-5-9/h2-5H,6-7H2,1H3,(H,17,18). The second-order valence-electron chi connectivity index (χ2n) is 3.88. The monoisotopic (exact) mass is 313 g/mol. The number of hydrogen-bond acceptors (Lipinski definition) is 5. The number of ether oxygens (including phenoxy) is 1. The van der Waals surface area contributed by atoms with Crippen LogP contribution in [0, 0.1) is 0 Å². The number of benzene rings is 1. The van der Waals surface area contributed by atoms with Crippen LogP contribution in [0.3, 0.4) is 0 Å². The number of carbonyl (C=O) groups is 1. The van der Waals surface area contributed by atoms with Crippen molar-refractivity contribution in [3.05, 3.63) is 35.1 Å². The number of carboxylic acid groups (broad SMARTS) is 1. The average Bonchev–Trinajstić information content (AvgIpc) is 2.77. The van der Waals surface area contributed by atoms with Crippen LogP contribution in [-0.4, -0.2) is 31.6 Å². The Morgan fingerprint density at radius 2 is 2.10 bits per heavy atom. The summed E-state index contributed by atoms with van der Waals surface area (Å²) >= 11 is 6.90. The number of hydrogen-bond donors (Lipinski definition) is 1. The van der Waals surface area contributed by atoms with E-state index < -0.39 is 5.97 Å². The molecule has 0 radical (unpaired) electrons. The van der Waals surface area contributed by atoms with Crippen LogP contribution in [-0.2, 0) is 18.4 Å². The molecule has 0 aliphatic rings. The predicted octanol–water partition coefficient (Wildman–Crippen LogP) is 2.22. The van der Waals surface area contributed by atoms with Gasteiger partial charge < -0.3 is 14.4 Å². The quantitative estimate of drug-likeness (QED) is 0.824. The van der Waals surface area contributed by atoms with Gasteiger partial charge in [-0.3, -0.25) is 4.79 Å². The molecular weight excluding hydrogens is 302 g/mol. The van der Waals surface area contributed by atoms with Gasteiger partial charge in [-0.1, -0.05) is 23.4 Å². The zero-order valence-corrected chi connectivity index (χ0v) is 12.2. The molecule has 0 fully saturated rings. The number of thioether (sulfide) groups is 1. The lowest BCUT2D eigenvalue weighted by Gasteiger charge is -2.06. The number of halogens is 1. The van der Waals surface area contributed by atoms with Crippen LogP contribution in [0.2, 0.25) is 5.02 Å². The van der Waals surface area contributed by atoms with Gasteiger partial charge in [0.1, 0.15) is 12.4 Å². The minimum absolute atomic E-state index is 0.0516. The van der Waals surface area contributed by atoms with Gasteiger partial charge in [-0.25, -0.2) is 0 Å². The molecule has 2 rings (SSSR count). The van der Waals surface area contributed by atoms with E-state index in [1.54, 1.807) is 35.9 Å². The van der Waals surface area contributed by atoms with E-state index in [2.05, 4.69) is 10.2 Å². The molecule has 20 heavy (non-hydrogen) atoms. The van der Waals surface area contributed by atoms with Crippen molar-refractivity contribution in [3.8, 4) is 5.75 Å². The van der Waals surface area contributed by atoms with E-state index >= 15 is 0 Å². The summed E-state index contributed by atoms with van der Waals surface area (Å²) in [4.78, 5) is 10.5. The normalized spacial score (nSPS) is 10.5. The van der Waals surface area contributed by atoms with Crippen LogP contribution in [0.25, 0.3) is 0 Å². The van der Waals surface area contributed by atoms with Crippen molar-refractivity contribution >= 4 is 29.3 Å². The highest BCUT2D eigenvalue weighted by Crippen LogP contribution is 2.18. The van der Waals surface area contributed by atoms with Crippen LogP contribution < -0.4 is 4.74 Å². The van der Waals surface area contributed by atoms with Crippen molar-refractivity contribution in [1.29, 1.82) is 0 Å². The zero-order chi connectivity index (χ0) is 14.5. The molecule has 1 aromatic carbocycles. The van der Waals surface area contributed by atoms with Gasteiger partial charge in [0, 0.05) is 12.1 Å². The van der Waals surface area contributed by atoms with Crippen LogP contribution in [0.1, 0.15) is 5.82 Å². The lowest BCUT2D eigenvalue weighted by atomic mass is 10.3. The highest BCUT2D eigenvalue weighted by Gasteiger charge is 2.11. The molecule has 0 aliphatic carbocycles. The van der Waals surface area contributed by atoms with Crippen LogP contribution in [0.15, 0.2) is 29.4 Å². The third-order valence-corrected chi connectivity index (χ3v) is 3.69. The fourth-order valence-electron chi connectivity index (χ4n) is 1.40. The Balaban J connectivity index is 1.96. The van der Waals surface area contributed by atoms with E-state index in [0.717, 1.165) is 11.8 Å². The Morgan fingerprint density at radius 3 is 2.75 bits per heavy atom. The molecule has 6 nitrogen and oxygen atoms in total. The molecule has 0 aliphatic heterocycles. The van der Waals surface area contributed by atoms with Gasteiger partial charge in [0.05, 0.1) is 5.75 Å². The molecule has 106 valence electrons. The van der Waals surface area contributed by atoms with Crippen molar-refractivity contribution in [1.82, 2.24) is 14.8 Å². The molecule has 2 aromatic rings. The van der Waals surface area contributed by atoms with Crippen LogP contribution >= 0.6 is 23.4 Å². The molecule has 0 amide bonds.